The summed E-state index contributed by atoms with van der Waals surface area (Å²) >= 11 is 0. The maximum atomic E-state index is 13.0. The predicted molar refractivity (Wildman–Crippen MR) is 147 cm³/mol. The highest BCUT2D eigenvalue weighted by Crippen LogP contribution is 2.27. The number of aryl methyl sites for hydroxylation is 2. The summed E-state index contributed by atoms with van der Waals surface area (Å²) in [5, 5.41) is 13.8. The van der Waals surface area contributed by atoms with Crippen LogP contribution >= 0.6 is 0 Å². The van der Waals surface area contributed by atoms with Crippen LogP contribution in [0.4, 0.5) is 4.79 Å². The van der Waals surface area contributed by atoms with Crippen LogP contribution in [0.25, 0.3) is 11.0 Å². The van der Waals surface area contributed by atoms with Gasteiger partial charge in [-0.15, -0.1) is 0 Å². The van der Waals surface area contributed by atoms with E-state index in [1.54, 1.807) is 11.6 Å². The van der Waals surface area contributed by atoms with Gasteiger partial charge in [-0.05, 0) is 69.2 Å². The monoisotopic (exact) mass is 554 g/mol. The van der Waals surface area contributed by atoms with E-state index in [2.05, 4.69) is 15.5 Å². The SMILES string of the molecule is Cn1c(=O)n(C2CCC(=O)NC2=O)c2ccc(CCCN3CCN(C(=O)C4CCC(NC(=O)O)CC4)CC3)cc21. The molecule has 3 fully saturated rings. The zero-order valence-electron chi connectivity index (χ0n) is 22.9. The van der Waals surface area contributed by atoms with Gasteiger partial charge in [0.25, 0.3) is 0 Å². The molecular weight excluding hydrogens is 516 g/mol. The van der Waals surface area contributed by atoms with Crippen LogP contribution < -0.4 is 16.3 Å². The van der Waals surface area contributed by atoms with Crippen molar-refractivity contribution in [1.29, 1.82) is 0 Å². The summed E-state index contributed by atoms with van der Waals surface area (Å²) in [4.78, 5) is 65.1. The summed E-state index contributed by atoms with van der Waals surface area (Å²) in [6, 6.07) is 5.17. The van der Waals surface area contributed by atoms with Crippen LogP contribution in [0.3, 0.4) is 0 Å². The Morgan fingerprint density at radius 1 is 1.00 bits per heavy atom. The molecule has 0 spiro atoms. The number of nitrogens with one attached hydrogen (secondary N) is 2. The van der Waals surface area contributed by atoms with E-state index in [0.717, 1.165) is 56.4 Å². The number of nitrogens with zero attached hydrogens (tertiary/aromatic N) is 4. The Hall–Kier alpha value is -3.67. The van der Waals surface area contributed by atoms with E-state index >= 15 is 0 Å². The number of carboxylic acid groups (broad SMARTS) is 1. The van der Waals surface area contributed by atoms with Crippen molar-refractivity contribution >= 4 is 34.8 Å². The number of aromatic nitrogens is 2. The van der Waals surface area contributed by atoms with Gasteiger partial charge in [-0.2, -0.15) is 0 Å². The second-order valence-electron chi connectivity index (χ2n) is 11.3. The number of imidazole rings is 1. The summed E-state index contributed by atoms with van der Waals surface area (Å²) in [7, 11) is 1.70. The number of carbonyl (C=O) groups excluding carboxylic acids is 3. The van der Waals surface area contributed by atoms with E-state index in [4.69, 9.17) is 5.11 Å². The quantitative estimate of drug-likeness (QED) is 0.436. The van der Waals surface area contributed by atoms with Crippen molar-refractivity contribution in [3.63, 3.8) is 0 Å². The minimum Gasteiger partial charge on any atom is -0.465 e. The Morgan fingerprint density at radius 2 is 1.73 bits per heavy atom. The van der Waals surface area contributed by atoms with Gasteiger partial charge in [0.05, 0.1) is 11.0 Å². The molecule has 2 aliphatic heterocycles. The number of hydrogen-bond acceptors (Lipinski definition) is 6. The first-order chi connectivity index (χ1) is 19.2. The van der Waals surface area contributed by atoms with E-state index in [-0.39, 0.29) is 35.9 Å². The smallest absolute Gasteiger partial charge is 0.404 e. The van der Waals surface area contributed by atoms with Gasteiger partial charge < -0.3 is 15.3 Å². The molecular formula is C28H38N6O6. The first-order valence-corrected chi connectivity index (χ1v) is 14.3. The first-order valence-electron chi connectivity index (χ1n) is 14.3. The Morgan fingerprint density at radius 3 is 2.40 bits per heavy atom. The molecule has 3 heterocycles. The van der Waals surface area contributed by atoms with Crippen LogP contribution in [-0.4, -0.2) is 86.6 Å². The Kier molecular flexibility index (Phi) is 8.24. The van der Waals surface area contributed by atoms with Gasteiger partial charge in [0.1, 0.15) is 6.04 Å². The fraction of sp³-hybridized carbons (Fsp3) is 0.607. The van der Waals surface area contributed by atoms with Gasteiger partial charge in [0.15, 0.2) is 0 Å². The second-order valence-corrected chi connectivity index (χ2v) is 11.3. The van der Waals surface area contributed by atoms with Gasteiger partial charge in [-0.1, -0.05) is 6.07 Å². The molecule has 1 aliphatic carbocycles. The molecule has 2 aromatic rings. The average molecular weight is 555 g/mol. The predicted octanol–water partition coefficient (Wildman–Crippen LogP) is 1.22. The minimum absolute atomic E-state index is 0.00544. The number of hydrogen-bond donors (Lipinski definition) is 3. The lowest BCUT2D eigenvalue weighted by molar-refractivity contribution is -0.138. The molecule has 4 amide bonds. The molecule has 1 aromatic heterocycles. The van der Waals surface area contributed by atoms with Crippen molar-refractivity contribution in [2.24, 2.45) is 13.0 Å². The van der Waals surface area contributed by atoms with Gasteiger partial charge >= 0.3 is 11.8 Å². The molecule has 0 radical (unpaired) electrons. The van der Waals surface area contributed by atoms with Crippen LogP contribution in [0.1, 0.15) is 56.6 Å². The average Bonchev–Trinajstić information content (AvgIpc) is 3.18. The number of imide groups is 1. The number of piperidine rings is 1. The molecule has 1 saturated carbocycles. The summed E-state index contributed by atoms with van der Waals surface area (Å²) in [5.74, 6) is -0.540. The van der Waals surface area contributed by atoms with Crippen molar-refractivity contribution in [1.82, 2.24) is 29.6 Å². The molecule has 3 N–H and O–H groups in total. The Bertz CT molecular complexity index is 1350. The van der Waals surface area contributed by atoms with Crippen molar-refractivity contribution in [3.05, 3.63) is 34.2 Å². The second kappa shape index (κ2) is 11.8. The summed E-state index contributed by atoms with van der Waals surface area (Å²) in [5.41, 5.74) is 2.31. The van der Waals surface area contributed by atoms with E-state index in [1.165, 1.54) is 4.57 Å². The molecule has 12 heteroatoms. The van der Waals surface area contributed by atoms with Gasteiger partial charge in [0, 0.05) is 51.6 Å². The zero-order valence-corrected chi connectivity index (χ0v) is 22.9. The topological polar surface area (TPSA) is 146 Å². The molecule has 0 bridgehead atoms. The fourth-order valence-electron chi connectivity index (χ4n) is 6.41. The van der Waals surface area contributed by atoms with Gasteiger partial charge in [0.2, 0.25) is 17.7 Å². The summed E-state index contributed by atoms with van der Waals surface area (Å²) < 4.78 is 3.06. The number of amides is 4. The molecule has 12 nitrogen and oxygen atoms in total. The Labute approximate surface area is 232 Å². The van der Waals surface area contributed by atoms with Crippen molar-refractivity contribution in [3.8, 4) is 0 Å². The normalized spacial score (nSPS) is 24.2. The highest BCUT2D eigenvalue weighted by atomic mass is 16.4. The van der Waals surface area contributed by atoms with E-state index in [1.807, 2.05) is 23.1 Å². The molecule has 2 saturated heterocycles. The molecule has 1 unspecified atom stereocenters. The van der Waals surface area contributed by atoms with Crippen molar-refractivity contribution in [2.45, 2.75) is 63.5 Å². The van der Waals surface area contributed by atoms with Crippen LogP contribution in [0.2, 0.25) is 0 Å². The largest absolute Gasteiger partial charge is 0.465 e. The van der Waals surface area contributed by atoms with Crippen molar-refractivity contribution in [2.75, 3.05) is 32.7 Å². The molecule has 216 valence electrons. The minimum atomic E-state index is -0.999. The van der Waals surface area contributed by atoms with Gasteiger partial charge in [-0.25, -0.2) is 9.59 Å². The number of rotatable bonds is 7. The molecule has 1 atom stereocenters. The highest BCUT2D eigenvalue weighted by molar-refractivity contribution is 6.00. The third-order valence-electron chi connectivity index (χ3n) is 8.70. The zero-order chi connectivity index (χ0) is 28.4. The lowest BCUT2D eigenvalue weighted by atomic mass is 9.85. The lowest BCUT2D eigenvalue weighted by Crippen LogP contribution is -2.51. The summed E-state index contributed by atoms with van der Waals surface area (Å²) in [6.45, 7) is 4.03. The molecule has 5 rings (SSSR count). The number of fused-ring (bicyclic) bond motifs is 1. The lowest BCUT2D eigenvalue weighted by Gasteiger charge is -2.38. The van der Waals surface area contributed by atoms with Crippen molar-refractivity contribution < 1.29 is 24.3 Å². The fourth-order valence-corrected chi connectivity index (χ4v) is 6.41. The maximum Gasteiger partial charge on any atom is 0.404 e. The molecule has 1 aromatic carbocycles. The number of piperazine rings is 1. The van der Waals surface area contributed by atoms with Crippen LogP contribution in [0.5, 0.6) is 0 Å². The summed E-state index contributed by atoms with van der Waals surface area (Å²) in [6.07, 6.45) is 4.22. The third-order valence-corrected chi connectivity index (χ3v) is 8.70. The third kappa shape index (κ3) is 5.91. The standard InChI is InChI=1S/C28H38N6O6/c1-31-23-17-18(4-9-21(23)34(28(31)40)22-10-11-24(35)30-25(22)36)3-2-12-32-13-15-33(16-14-32)26(37)19-5-7-20(8-6-19)29-27(38)39/h4,9,17,19-20,22,29H,2-3,5-8,10-16H2,1H3,(H,38,39)(H,30,35,36). The van der Waals surface area contributed by atoms with Crippen LogP contribution in [0.15, 0.2) is 23.0 Å². The van der Waals surface area contributed by atoms with Crippen LogP contribution in [0, 0.1) is 5.92 Å². The molecule has 3 aliphatic rings. The highest BCUT2D eigenvalue weighted by Gasteiger charge is 2.32. The first kappa shape index (κ1) is 27.9. The molecule has 40 heavy (non-hydrogen) atoms. The van der Waals surface area contributed by atoms with E-state index in [9.17, 15) is 24.0 Å². The van der Waals surface area contributed by atoms with E-state index in [0.29, 0.717) is 37.9 Å². The van der Waals surface area contributed by atoms with E-state index < -0.39 is 18.0 Å². The van der Waals surface area contributed by atoms with Gasteiger partial charge in [-0.3, -0.25) is 33.7 Å². The Balaban J connectivity index is 1.10. The number of benzene rings is 1. The maximum absolute atomic E-state index is 13.0. The number of carbonyl (C=O) groups is 4. The van der Waals surface area contributed by atoms with Crippen LogP contribution in [-0.2, 0) is 27.9 Å².